The van der Waals surface area contributed by atoms with E-state index in [0.717, 1.165) is 48.2 Å². The molecule has 0 aliphatic heterocycles. The van der Waals surface area contributed by atoms with Gasteiger partial charge in [-0.3, -0.25) is 13.9 Å². The maximum atomic E-state index is 13.8. The molecule has 2 aromatic carbocycles. The van der Waals surface area contributed by atoms with Gasteiger partial charge in [-0.1, -0.05) is 31.4 Å². The van der Waals surface area contributed by atoms with E-state index in [1.54, 1.807) is 38.3 Å². The molecule has 0 radical (unpaired) electrons. The molecule has 10 nitrogen and oxygen atoms in total. The standard InChI is InChI=1S/C28H39N3O7S/c1-20(28(33)29-22-9-7-6-8-10-22)30(18-21-11-14-24(36-2)15-12-21)27(32)19-31(39(5,34)35)23-13-16-25(37-3)26(17-23)38-4/h11-17,20,22H,6-10,18-19H2,1-5H3,(H,29,33)/t20-/m1/s1. The van der Waals surface area contributed by atoms with Gasteiger partial charge in [0.15, 0.2) is 11.5 Å². The van der Waals surface area contributed by atoms with Crippen LogP contribution in [0.1, 0.15) is 44.6 Å². The monoisotopic (exact) mass is 561 g/mol. The Morgan fingerprint density at radius 3 is 2.15 bits per heavy atom. The molecule has 1 atom stereocenters. The van der Waals surface area contributed by atoms with Crippen LogP contribution in [-0.2, 0) is 26.2 Å². The van der Waals surface area contributed by atoms with E-state index < -0.39 is 28.5 Å². The SMILES string of the molecule is COc1ccc(CN(C(=O)CN(c2ccc(OC)c(OC)c2)S(C)(=O)=O)[C@H](C)C(=O)NC2CCCCC2)cc1. The summed E-state index contributed by atoms with van der Waals surface area (Å²) in [5, 5.41) is 3.09. The second-order valence-corrected chi connectivity index (χ2v) is 11.6. The summed E-state index contributed by atoms with van der Waals surface area (Å²) in [7, 11) is 0.620. The third-order valence-electron chi connectivity index (χ3n) is 6.97. The Morgan fingerprint density at radius 1 is 0.949 bits per heavy atom. The number of ether oxygens (including phenoxy) is 3. The molecule has 1 aliphatic carbocycles. The first-order valence-electron chi connectivity index (χ1n) is 13.0. The Labute approximate surface area is 231 Å². The third-order valence-corrected chi connectivity index (χ3v) is 8.11. The quantitative estimate of drug-likeness (QED) is 0.423. The van der Waals surface area contributed by atoms with Crippen LogP contribution in [0.4, 0.5) is 5.69 Å². The van der Waals surface area contributed by atoms with Gasteiger partial charge in [0, 0.05) is 18.7 Å². The lowest BCUT2D eigenvalue weighted by Crippen LogP contribution is -2.52. The van der Waals surface area contributed by atoms with Gasteiger partial charge in [-0.2, -0.15) is 0 Å². The van der Waals surface area contributed by atoms with Crippen molar-refractivity contribution in [2.75, 3.05) is 38.4 Å². The molecule has 1 N–H and O–H groups in total. The van der Waals surface area contributed by atoms with Crippen molar-refractivity contribution in [3.05, 3.63) is 48.0 Å². The molecule has 2 aromatic rings. The van der Waals surface area contributed by atoms with Gasteiger partial charge in [0.25, 0.3) is 0 Å². The summed E-state index contributed by atoms with van der Waals surface area (Å²) < 4.78 is 42.5. The van der Waals surface area contributed by atoms with Gasteiger partial charge in [0.2, 0.25) is 21.8 Å². The highest BCUT2D eigenvalue weighted by Gasteiger charge is 2.31. The lowest BCUT2D eigenvalue weighted by molar-refractivity contribution is -0.139. The van der Waals surface area contributed by atoms with E-state index in [9.17, 15) is 18.0 Å². The summed E-state index contributed by atoms with van der Waals surface area (Å²) in [6, 6.07) is 11.0. The number of hydrogen-bond donors (Lipinski definition) is 1. The molecule has 3 rings (SSSR count). The van der Waals surface area contributed by atoms with E-state index in [-0.39, 0.29) is 24.2 Å². The topological polar surface area (TPSA) is 114 Å². The van der Waals surface area contributed by atoms with Crippen molar-refractivity contribution in [3.8, 4) is 17.2 Å². The Kier molecular flexibility index (Phi) is 10.4. The van der Waals surface area contributed by atoms with Crippen LogP contribution < -0.4 is 23.8 Å². The van der Waals surface area contributed by atoms with Crippen LogP contribution in [0.15, 0.2) is 42.5 Å². The highest BCUT2D eigenvalue weighted by molar-refractivity contribution is 7.92. The average Bonchev–Trinajstić information content (AvgIpc) is 2.94. The molecule has 39 heavy (non-hydrogen) atoms. The van der Waals surface area contributed by atoms with Crippen molar-refractivity contribution in [2.24, 2.45) is 0 Å². The number of carbonyl (C=O) groups is 2. The zero-order chi connectivity index (χ0) is 28.6. The number of rotatable bonds is 12. The predicted molar refractivity (Wildman–Crippen MR) is 150 cm³/mol. The zero-order valence-corrected chi connectivity index (χ0v) is 24.1. The van der Waals surface area contributed by atoms with Crippen LogP contribution in [0.5, 0.6) is 17.2 Å². The Morgan fingerprint density at radius 2 is 1.59 bits per heavy atom. The number of hydrogen-bond acceptors (Lipinski definition) is 7. The lowest BCUT2D eigenvalue weighted by atomic mass is 9.95. The first kappa shape index (κ1) is 30.1. The average molecular weight is 562 g/mol. The Hall–Kier alpha value is -3.47. The van der Waals surface area contributed by atoms with Crippen LogP contribution >= 0.6 is 0 Å². The zero-order valence-electron chi connectivity index (χ0n) is 23.3. The Balaban J connectivity index is 1.90. The molecule has 1 fully saturated rings. The van der Waals surface area contributed by atoms with Crippen molar-refractivity contribution in [1.82, 2.24) is 10.2 Å². The van der Waals surface area contributed by atoms with Crippen molar-refractivity contribution in [1.29, 1.82) is 0 Å². The van der Waals surface area contributed by atoms with E-state index in [4.69, 9.17) is 14.2 Å². The minimum absolute atomic E-state index is 0.0749. The minimum atomic E-state index is -3.87. The molecule has 0 heterocycles. The number of carbonyl (C=O) groups excluding carboxylic acids is 2. The first-order chi connectivity index (χ1) is 18.6. The second kappa shape index (κ2) is 13.5. The summed E-state index contributed by atoms with van der Waals surface area (Å²) in [5.74, 6) is 0.635. The molecule has 0 bridgehead atoms. The van der Waals surface area contributed by atoms with Crippen LogP contribution in [0.2, 0.25) is 0 Å². The normalized spacial score (nSPS) is 14.7. The molecule has 1 aliphatic rings. The molecule has 11 heteroatoms. The Bertz CT molecular complexity index is 1230. The van der Waals surface area contributed by atoms with Gasteiger partial charge in [-0.25, -0.2) is 8.42 Å². The fourth-order valence-electron chi connectivity index (χ4n) is 4.67. The second-order valence-electron chi connectivity index (χ2n) is 9.70. The highest BCUT2D eigenvalue weighted by Crippen LogP contribution is 2.32. The number of benzene rings is 2. The van der Waals surface area contributed by atoms with Gasteiger partial charge in [-0.15, -0.1) is 0 Å². The van der Waals surface area contributed by atoms with Crippen LogP contribution in [-0.4, -0.2) is 71.3 Å². The summed E-state index contributed by atoms with van der Waals surface area (Å²) in [6.45, 7) is 1.29. The summed E-state index contributed by atoms with van der Waals surface area (Å²) in [4.78, 5) is 28.5. The van der Waals surface area contributed by atoms with Gasteiger partial charge < -0.3 is 24.4 Å². The predicted octanol–water partition coefficient (Wildman–Crippen LogP) is 3.34. The largest absolute Gasteiger partial charge is 0.497 e. The minimum Gasteiger partial charge on any atom is -0.497 e. The fraction of sp³-hybridized carbons (Fsp3) is 0.500. The molecule has 2 amide bonds. The first-order valence-corrected chi connectivity index (χ1v) is 14.8. The molecule has 0 unspecified atom stereocenters. The molecule has 0 spiro atoms. The molecule has 0 aromatic heterocycles. The van der Waals surface area contributed by atoms with Crippen molar-refractivity contribution in [3.63, 3.8) is 0 Å². The van der Waals surface area contributed by atoms with E-state index in [2.05, 4.69) is 5.32 Å². The lowest BCUT2D eigenvalue weighted by Gasteiger charge is -2.33. The summed E-state index contributed by atoms with van der Waals surface area (Å²) in [6.07, 6.45) is 6.12. The molecule has 0 saturated heterocycles. The molecule has 1 saturated carbocycles. The highest BCUT2D eigenvalue weighted by atomic mass is 32.2. The number of nitrogens with one attached hydrogen (secondary N) is 1. The summed E-state index contributed by atoms with van der Waals surface area (Å²) >= 11 is 0. The summed E-state index contributed by atoms with van der Waals surface area (Å²) in [5.41, 5.74) is 1.02. The van der Waals surface area contributed by atoms with Gasteiger partial charge in [-0.05, 0) is 49.6 Å². The smallest absolute Gasteiger partial charge is 0.244 e. The van der Waals surface area contributed by atoms with E-state index >= 15 is 0 Å². The van der Waals surface area contributed by atoms with Crippen LogP contribution in [0, 0.1) is 0 Å². The number of nitrogens with zero attached hydrogens (tertiary/aromatic N) is 2. The number of anilines is 1. The number of sulfonamides is 1. The van der Waals surface area contributed by atoms with Crippen molar-refractivity contribution in [2.45, 2.75) is 57.7 Å². The van der Waals surface area contributed by atoms with E-state index in [0.29, 0.717) is 17.2 Å². The van der Waals surface area contributed by atoms with Crippen LogP contribution in [0.3, 0.4) is 0 Å². The maximum absolute atomic E-state index is 13.8. The van der Waals surface area contributed by atoms with E-state index in [1.165, 1.54) is 25.2 Å². The maximum Gasteiger partial charge on any atom is 0.244 e. The van der Waals surface area contributed by atoms with Crippen LogP contribution in [0.25, 0.3) is 0 Å². The van der Waals surface area contributed by atoms with Gasteiger partial charge in [0.1, 0.15) is 18.3 Å². The molecule has 214 valence electrons. The molecular formula is C28H39N3O7S. The van der Waals surface area contributed by atoms with E-state index in [1.807, 2.05) is 12.1 Å². The number of methoxy groups -OCH3 is 3. The third kappa shape index (κ3) is 8.01. The number of amides is 2. The van der Waals surface area contributed by atoms with Gasteiger partial charge >= 0.3 is 0 Å². The van der Waals surface area contributed by atoms with Crippen molar-refractivity contribution >= 4 is 27.5 Å². The van der Waals surface area contributed by atoms with Gasteiger partial charge in [0.05, 0.1) is 33.3 Å². The van der Waals surface area contributed by atoms with Crippen molar-refractivity contribution < 1.29 is 32.2 Å². The fourth-order valence-corrected chi connectivity index (χ4v) is 5.51. The molecular weight excluding hydrogens is 522 g/mol.